The van der Waals surface area contributed by atoms with Gasteiger partial charge in [0.15, 0.2) is 17.5 Å². The number of halogens is 1. The zero-order valence-corrected chi connectivity index (χ0v) is 29.7. The molecule has 45 heavy (non-hydrogen) atoms. The van der Waals surface area contributed by atoms with Crippen LogP contribution >= 0.6 is 15.9 Å². The van der Waals surface area contributed by atoms with Gasteiger partial charge in [0.2, 0.25) is 0 Å². The second-order valence-electron chi connectivity index (χ2n) is 16.0. The first-order valence-corrected chi connectivity index (χ1v) is 17.8. The number of aliphatic hydroxyl groups excluding tert-OH is 1. The highest BCUT2D eigenvalue weighted by molar-refractivity contribution is 9.10. The fourth-order valence-corrected chi connectivity index (χ4v) is 10.8. The molecule has 0 saturated heterocycles. The predicted octanol–water partition coefficient (Wildman–Crippen LogP) is 7.29. The fraction of sp³-hybridized carbons (Fsp3) is 0.757. The highest BCUT2D eigenvalue weighted by Gasteiger charge is 2.71. The SMILES string of the molecule is CC(=O)OC(C)(C)[C@@H](C)CC[C@@H](C)[C@H]1CC[C@H]2[C@@H]3CC(=O)[C@]4(O)[C@@H](OC(=O)c5ccc(Br)cc5)[C@@H](O)CC[C@]4(C)[C@H]3CC[C@]12C. The quantitative estimate of drug-likeness (QED) is 0.276. The summed E-state index contributed by atoms with van der Waals surface area (Å²) in [6.07, 6.45) is 4.93. The van der Waals surface area contributed by atoms with Crippen LogP contribution < -0.4 is 0 Å². The Hall–Kier alpha value is -1.77. The van der Waals surface area contributed by atoms with E-state index in [9.17, 15) is 24.6 Å². The van der Waals surface area contributed by atoms with Crippen LogP contribution in [-0.4, -0.2) is 51.3 Å². The maximum absolute atomic E-state index is 14.2. The Kier molecular flexibility index (Phi) is 9.49. The molecule has 4 saturated carbocycles. The molecule has 0 spiro atoms. The van der Waals surface area contributed by atoms with Crippen LogP contribution in [0.15, 0.2) is 28.7 Å². The number of aliphatic hydroxyl groups is 2. The summed E-state index contributed by atoms with van der Waals surface area (Å²) >= 11 is 3.37. The Morgan fingerprint density at radius 2 is 1.69 bits per heavy atom. The Labute approximate surface area is 277 Å². The van der Waals surface area contributed by atoms with E-state index in [1.807, 2.05) is 20.8 Å². The smallest absolute Gasteiger partial charge is 0.338 e. The van der Waals surface area contributed by atoms with E-state index in [-0.39, 0.29) is 41.3 Å². The Morgan fingerprint density at radius 1 is 1.02 bits per heavy atom. The number of ketones is 1. The van der Waals surface area contributed by atoms with Gasteiger partial charge >= 0.3 is 11.9 Å². The van der Waals surface area contributed by atoms with Crippen molar-refractivity contribution in [3.8, 4) is 0 Å². The lowest BCUT2D eigenvalue weighted by atomic mass is 9.42. The number of esters is 2. The molecule has 0 aliphatic heterocycles. The summed E-state index contributed by atoms with van der Waals surface area (Å²) in [5.74, 6) is 0.777. The fourth-order valence-electron chi connectivity index (χ4n) is 10.5. The maximum Gasteiger partial charge on any atom is 0.338 e. The lowest BCUT2D eigenvalue weighted by Crippen LogP contribution is -2.73. The minimum Gasteiger partial charge on any atom is -0.460 e. The van der Waals surface area contributed by atoms with Crippen LogP contribution in [0.5, 0.6) is 0 Å². The molecule has 11 atom stereocenters. The molecule has 5 rings (SSSR count). The molecule has 7 nitrogen and oxygen atoms in total. The lowest BCUT2D eigenvalue weighted by molar-refractivity contribution is -0.250. The summed E-state index contributed by atoms with van der Waals surface area (Å²) in [6, 6.07) is 6.74. The van der Waals surface area contributed by atoms with Gasteiger partial charge in [-0.3, -0.25) is 9.59 Å². The molecule has 2 N–H and O–H groups in total. The third-order valence-corrected chi connectivity index (χ3v) is 13.9. The molecule has 4 fully saturated rings. The number of Topliss-reactive ketones (excluding diaryl/α,β-unsaturated/α-hetero) is 1. The first-order valence-electron chi connectivity index (χ1n) is 17.1. The normalized spacial score (nSPS) is 39.2. The molecule has 0 heterocycles. The van der Waals surface area contributed by atoms with Crippen LogP contribution in [0.4, 0.5) is 0 Å². The number of hydrogen-bond acceptors (Lipinski definition) is 7. The van der Waals surface area contributed by atoms with E-state index in [1.165, 1.54) is 6.92 Å². The average molecular weight is 690 g/mol. The van der Waals surface area contributed by atoms with Gasteiger partial charge in [0.1, 0.15) is 5.60 Å². The average Bonchev–Trinajstić information content (AvgIpc) is 3.32. The van der Waals surface area contributed by atoms with Gasteiger partial charge in [-0.25, -0.2) is 4.79 Å². The number of carbonyl (C=O) groups is 3. The molecule has 0 amide bonds. The van der Waals surface area contributed by atoms with Crippen molar-refractivity contribution >= 4 is 33.7 Å². The number of fused-ring (bicyclic) bond motifs is 5. The lowest BCUT2D eigenvalue weighted by Gasteiger charge is -2.64. The van der Waals surface area contributed by atoms with Crippen molar-refractivity contribution in [1.82, 2.24) is 0 Å². The number of benzene rings is 1. The van der Waals surface area contributed by atoms with Crippen molar-refractivity contribution in [3.63, 3.8) is 0 Å². The van der Waals surface area contributed by atoms with Crippen LogP contribution in [-0.2, 0) is 19.1 Å². The van der Waals surface area contributed by atoms with Crippen molar-refractivity contribution in [2.24, 2.45) is 46.3 Å². The van der Waals surface area contributed by atoms with E-state index in [2.05, 4.69) is 36.7 Å². The van der Waals surface area contributed by atoms with Gasteiger partial charge in [0.25, 0.3) is 0 Å². The van der Waals surface area contributed by atoms with Crippen molar-refractivity contribution in [1.29, 1.82) is 0 Å². The first-order chi connectivity index (χ1) is 21.0. The molecular weight excluding hydrogens is 636 g/mol. The molecule has 8 heteroatoms. The van der Waals surface area contributed by atoms with Crippen molar-refractivity contribution in [2.75, 3.05) is 0 Å². The molecule has 0 aromatic heterocycles. The van der Waals surface area contributed by atoms with Gasteiger partial charge in [-0.2, -0.15) is 0 Å². The molecule has 1 aromatic carbocycles. The molecule has 0 unspecified atom stereocenters. The zero-order chi connectivity index (χ0) is 33.1. The molecule has 250 valence electrons. The maximum atomic E-state index is 14.2. The van der Waals surface area contributed by atoms with Crippen LogP contribution in [0, 0.1) is 46.3 Å². The van der Waals surface area contributed by atoms with Crippen LogP contribution in [0.25, 0.3) is 0 Å². The van der Waals surface area contributed by atoms with E-state index in [0.717, 1.165) is 43.0 Å². The molecule has 0 radical (unpaired) electrons. The first kappa shape index (κ1) is 34.6. The standard InChI is InChI=1S/C37H53BrO7/c1-21(8-9-22(2)34(4,5)45-23(3)39)27-14-15-28-26-20-31(41)37(43)32(44-33(42)24-10-12-25(38)13-11-24)30(40)17-19-36(37,7)29(26)16-18-35(27,28)6/h10-13,21-22,26-30,32,40,43H,8-9,14-20H2,1-7H3/t21-,22+,26+,27-,28+,29+,30+,32+,35-,36-,37+/m1/s1. The van der Waals surface area contributed by atoms with Gasteiger partial charge < -0.3 is 19.7 Å². The largest absolute Gasteiger partial charge is 0.460 e. The highest BCUT2D eigenvalue weighted by Crippen LogP contribution is 2.68. The minimum atomic E-state index is -1.93. The predicted molar refractivity (Wildman–Crippen MR) is 175 cm³/mol. The minimum absolute atomic E-state index is 0.110. The Bertz CT molecular complexity index is 1290. The number of ether oxygens (including phenoxy) is 2. The van der Waals surface area contributed by atoms with Crippen LogP contribution in [0.2, 0.25) is 0 Å². The van der Waals surface area contributed by atoms with Crippen LogP contribution in [0.1, 0.15) is 117 Å². The van der Waals surface area contributed by atoms with E-state index in [0.29, 0.717) is 36.2 Å². The summed E-state index contributed by atoms with van der Waals surface area (Å²) in [5, 5.41) is 23.5. The van der Waals surface area contributed by atoms with Gasteiger partial charge in [-0.05, 0) is 124 Å². The summed E-state index contributed by atoms with van der Waals surface area (Å²) < 4.78 is 12.3. The third kappa shape index (κ3) is 5.83. The van der Waals surface area contributed by atoms with Gasteiger partial charge in [0.05, 0.1) is 11.7 Å². The van der Waals surface area contributed by atoms with Gasteiger partial charge in [-0.15, -0.1) is 0 Å². The second kappa shape index (κ2) is 12.4. The van der Waals surface area contributed by atoms with Crippen molar-refractivity contribution in [2.45, 2.75) is 130 Å². The van der Waals surface area contributed by atoms with Crippen molar-refractivity contribution in [3.05, 3.63) is 34.3 Å². The zero-order valence-electron chi connectivity index (χ0n) is 28.1. The Morgan fingerprint density at radius 3 is 2.33 bits per heavy atom. The molecule has 4 aliphatic carbocycles. The topological polar surface area (TPSA) is 110 Å². The number of rotatable bonds is 8. The summed E-state index contributed by atoms with van der Waals surface area (Å²) in [6.45, 7) is 14.4. The summed E-state index contributed by atoms with van der Waals surface area (Å²) in [4.78, 5) is 39.0. The molecule has 1 aromatic rings. The van der Waals surface area contributed by atoms with E-state index in [1.54, 1.807) is 24.3 Å². The molecule has 0 bridgehead atoms. The number of hydrogen-bond donors (Lipinski definition) is 2. The van der Waals surface area contributed by atoms with Gasteiger partial charge in [0, 0.05) is 23.2 Å². The summed E-state index contributed by atoms with van der Waals surface area (Å²) in [7, 11) is 0. The molecule has 4 aliphatic rings. The third-order valence-electron chi connectivity index (χ3n) is 13.4. The Balaban J connectivity index is 1.33. The van der Waals surface area contributed by atoms with E-state index < -0.39 is 34.8 Å². The van der Waals surface area contributed by atoms with Gasteiger partial charge in [-0.1, -0.05) is 50.0 Å². The monoisotopic (exact) mass is 688 g/mol. The highest BCUT2D eigenvalue weighted by atomic mass is 79.9. The molecular formula is C37H53BrO7. The van der Waals surface area contributed by atoms with Crippen LogP contribution in [0.3, 0.4) is 0 Å². The number of carbonyl (C=O) groups excluding carboxylic acids is 3. The van der Waals surface area contributed by atoms with Crippen molar-refractivity contribution < 1.29 is 34.1 Å². The van der Waals surface area contributed by atoms with E-state index >= 15 is 0 Å². The summed E-state index contributed by atoms with van der Waals surface area (Å²) in [5.41, 5.74) is -2.80. The second-order valence-corrected chi connectivity index (χ2v) is 16.9. The van der Waals surface area contributed by atoms with E-state index in [4.69, 9.17) is 9.47 Å².